The number of carbonyl (C=O) groups is 1. The van der Waals surface area contributed by atoms with Crippen molar-refractivity contribution in [1.82, 2.24) is 0 Å². The van der Waals surface area contributed by atoms with Crippen LogP contribution in [0.4, 0.5) is 0 Å². The summed E-state index contributed by atoms with van der Waals surface area (Å²) in [7, 11) is 1.50. The van der Waals surface area contributed by atoms with Gasteiger partial charge in [0, 0.05) is 17.8 Å². The summed E-state index contributed by atoms with van der Waals surface area (Å²) in [6.45, 7) is 8.65. The van der Waals surface area contributed by atoms with Gasteiger partial charge in [-0.25, -0.2) is 4.79 Å². The van der Waals surface area contributed by atoms with Crippen molar-refractivity contribution < 1.29 is 14.3 Å². The van der Waals surface area contributed by atoms with Crippen LogP contribution in [0.2, 0.25) is 0 Å². The number of esters is 1. The van der Waals surface area contributed by atoms with Gasteiger partial charge in [0.15, 0.2) is 6.79 Å². The Hall–Kier alpha value is -1.78. The van der Waals surface area contributed by atoms with Gasteiger partial charge in [-0.2, -0.15) is 0 Å². The molecule has 0 bridgehead atoms. The van der Waals surface area contributed by atoms with Gasteiger partial charge in [-0.15, -0.1) is 11.8 Å². The number of methoxy groups -OCH3 is 1. The lowest BCUT2D eigenvalue weighted by Crippen LogP contribution is -2.08. The molecule has 0 N–H and O–H groups in total. The number of hydrogen-bond acceptors (Lipinski definition) is 4. The fourth-order valence-electron chi connectivity index (χ4n) is 2.56. The van der Waals surface area contributed by atoms with E-state index in [0.717, 1.165) is 36.3 Å². The molecule has 0 amide bonds. The Kier molecular flexibility index (Phi) is 12.3. The zero-order chi connectivity index (χ0) is 20.8. The van der Waals surface area contributed by atoms with Crippen LogP contribution < -0.4 is 0 Å². The van der Waals surface area contributed by atoms with Crippen molar-refractivity contribution in [2.45, 2.75) is 58.3 Å². The smallest absolute Gasteiger partial charge is 0.341 e. The van der Waals surface area contributed by atoms with Crippen molar-refractivity contribution in [1.29, 1.82) is 0 Å². The van der Waals surface area contributed by atoms with E-state index in [-0.39, 0.29) is 12.8 Å². The summed E-state index contributed by atoms with van der Waals surface area (Å²) in [5.41, 5.74) is 4.81. The molecule has 4 heteroatoms. The van der Waals surface area contributed by atoms with Crippen molar-refractivity contribution in [3.63, 3.8) is 0 Å². The molecular formula is C24H34O3S. The lowest BCUT2D eigenvalue weighted by atomic mass is 10.1. The van der Waals surface area contributed by atoms with E-state index >= 15 is 0 Å². The summed E-state index contributed by atoms with van der Waals surface area (Å²) in [6.07, 6.45) is 11.3. The maximum Gasteiger partial charge on any atom is 0.341 e. The molecule has 1 aromatic carbocycles. The molecule has 28 heavy (non-hydrogen) atoms. The van der Waals surface area contributed by atoms with Crippen LogP contribution in [0.25, 0.3) is 0 Å². The van der Waals surface area contributed by atoms with E-state index in [9.17, 15) is 4.79 Å². The van der Waals surface area contributed by atoms with E-state index in [1.54, 1.807) is 17.8 Å². The minimum atomic E-state index is -0.348. The van der Waals surface area contributed by atoms with Crippen LogP contribution >= 0.6 is 11.8 Å². The molecule has 0 fully saturated rings. The van der Waals surface area contributed by atoms with E-state index in [2.05, 4.69) is 45.9 Å². The average molecular weight is 403 g/mol. The van der Waals surface area contributed by atoms with E-state index in [1.807, 2.05) is 18.2 Å². The van der Waals surface area contributed by atoms with Gasteiger partial charge in [-0.3, -0.25) is 0 Å². The first-order chi connectivity index (χ1) is 13.4. The molecule has 0 spiro atoms. The van der Waals surface area contributed by atoms with Crippen LogP contribution in [0.5, 0.6) is 0 Å². The Morgan fingerprint density at radius 3 is 2.29 bits per heavy atom. The largest absolute Gasteiger partial charge is 0.435 e. The quantitative estimate of drug-likeness (QED) is 0.164. The topological polar surface area (TPSA) is 35.5 Å². The van der Waals surface area contributed by atoms with Crippen LogP contribution in [0, 0.1) is 0 Å². The van der Waals surface area contributed by atoms with E-state index < -0.39 is 0 Å². The fraction of sp³-hybridized carbons (Fsp3) is 0.458. The van der Waals surface area contributed by atoms with Gasteiger partial charge < -0.3 is 9.47 Å². The molecule has 0 aliphatic heterocycles. The highest BCUT2D eigenvalue weighted by molar-refractivity contribution is 7.99. The van der Waals surface area contributed by atoms with Gasteiger partial charge in [0.05, 0.1) is 5.56 Å². The Bertz CT molecular complexity index is 698. The van der Waals surface area contributed by atoms with E-state index in [0.29, 0.717) is 5.56 Å². The maximum atomic E-state index is 12.1. The third-order valence-electron chi connectivity index (χ3n) is 4.21. The normalized spacial score (nSPS) is 12.0. The summed E-state index contributed by atoms with van der Waals surface area (Å²) in [5, 5.41) is 0. The van der Waals surface area contributed by atoms with Crippen molar-refractivity contribution in [3.05, 3.63) is 64.8 Å². The highest BCUT2D eigenvalue weighted by Gasteiger charge is 2.12. The zero-order valence-electron chi connectivity index (χ0n) is 17.9. The van der Waals surface area contributed by atoms with Crippen LogP contribution in [-0.4, -0.2) is 25.6 Å². The van der Waals surface area contributed by atoms with Gasteiger partial charge in [-0.05, 0) is 65.5 Å². The molecule has 0 radical (unpaired) electrons. The molecular weight excluding hydrogens is 368 g/mol. The lowest BCUT2D eigenvalue weighted by molar-refractivity contribution is -0.0127. The highest BCUT2D eigenvalue weighted by Crippen LogP contribution is 2.24. The first-order valence-electron chi connectivity index (χ1n) is 9.76. The Labute approximate surface area is 174 Å². The van der Waals surface area contributed by atoms with Crippen molar-refractivity contribution >= 4 is 17.7 Å². The molecule has 1 rings (SSSR count). The van der Waals surface area contributed by atoms with Crippen LogP contribution in [0.15, 0.2) is 64.1 Å². The lowest BCUT2D eigenvalue weighted by Gasteiger charge is -2.08. The molecule has 0 aromatic heterocycles. The van der Waals surface area contributed by atoms with Crippen LogP contribution in [0.3, 0.4) is 0 Å². The second kappa shape index (κ2) is 14.3. The van der Waals surface area contributed by atoms with Crippen molar-refractivity contribution in [2.75, 3.05) is 19.7 Å². The molecule has 0 aliphatic rings. The standard InChI is InChI=1S/C24H34O3S/c1-19(2)10-8-11-20(3)12-9-13-21(4)16-17-28-23-15-7-6-14-22(23)24(25)27-18-26-5/h6-7,10,12,14-16H,8-9,11,13,17-18H2,1-5H3/b20-12+,21-16+. The molecule has 0 heterocycles. The Morgan fingerprint density at radius 2 is 1.61 bits per heavy atom. The minimum absolute atomic E-state index is 0.0296. The monoisotopic (exact) mass is 402 g/mol. The molecule has 0 aliphatic carbocycles. The SMILES string of the molecule is COCOC(=O)c1ccccc1SC/C=C(\C)CC/C=C(\C)CCC=C(C)C. The highest BCUT2D eigenvalue weighted by atomic mass is 32.2. The second-order valence-corrected chi connectivity index (χ2v) is 8.17. The summed E-state index contributed by atoms with van der Waals surface area (Å²) in [4.78, 5) is 13.0. The number of hydrogen-bond donors (Lipinski definition) is 0. The third-order valence-corrected chi connectivity index (χ3v) is 5.21. The van der Waals surface area contributed by atoms with E-state index in [4.69, 9.17) is 9.47 Å². The predicted molar refractivity (Wildman–Crippen MR) is 120 cm³/mol. The van der Waals surface area contributed by atoms with Gasteiger partial charge in [0.1, 0.15) is 0 Å². The van der Waals surface area contributed by atoms with E-state index in [1.165, 1.54) is 23.8 Å². The van der Waals surface area contributed by atoms with Crippen LogP contribution in [-0.2, 0) is 9.47 Å². The summed E-state index contributed by atoms with van der Waals surface area (Å²) in [5.74, 6) is 0.489. The summed E-state index contributed by atoms with van der Waals surface area (Å²) < 4.78 is 9.87. The molecule has 3 nitrogen and oxygen atoms in total. The molecule has 0 saturated heterocycles. The van der Waals surface area contributed by atoms with Crippen molar-refractivity contribution in [3.8, 4) is 0 Å². The number of carbonyl (C=O) groups excluding carboxylic acids is 1. The number of thioether (sulfide) groups is 1. The van der Waals surface area contributed by atoms with Gasteiger partial charge in [0.2, 0.25) is 0 Å². The first-order valence-corrected chi connectivity index (χ1v) is 10.7. The third kappa shape index (κ3) is 10.5. The van der Waals surface area contributed by atoms with Crippen molar-refractivity contribution in [2.24, 2.45) is 0 Å². The number of allylic oxidation sites excluding steroid dienone is 5. The molecule has 0 saturated carbocycles. The first kappa shape index (κ1) is 24.3. The molecule has 1 aromatic rings. The molecule has 0 unspecified atom stereocenters. The second-order valence-electron chi connectivity index (χ2n) is 7.11. The number of ether oxygens (including phenoxy) is 2. The maximum absolute atomic E-state index is 12.1. The zero-order valence-corrected chi connectivity index (χ0v) is 18.7. The molecule has 0 atom stereocenters. The van der Waals surface area contributed by atoms with Gasteiger partial charge in [-0.1, -0.05) is 47.1 Å². The van der Waals surface area contributed by atoms with Gasteiger partial charge in [0.25, 0.3) is 0 Å². The predicted octanol–water partition coefficient (Wildman–Crippen LogP) is 6.96. The minimum Gasteiger partial charge on any atom is -0.435 e. The van der Waals surface area contributed by atoms with Gasteiger partial charge >= 0.3 is 5.97 Å². The Morgan fingerprint density at radius 1 is 0.964 bits per heavy atom. The fourth-order valence-corrected chi connectivity index (χ4v) is 3.59. The number of rotatable bonds is 12. The molecule has 154 valence electrons. The summed E-state index contributed by atoms with van der Waals surface area (Å²) >= 11 is 1.65. The average Bonchev–Trinajstić information content (AvgIpc) is 2.66. The number of benzene rings is 1. The van der Waals surface area contributed by atoms with Crippen LogP contribution in [0.1, 0.15) is 63.7 Å². The Balaban J connectivity index is 2.46. The summed E-state index contributed by atoms with van der Waals surface area (Å²) in [6, 6.07) is 7.53.